The molecular formula is C35H49ClN6O3. The lowest BCUT2D eigenvalue weighted by atomic mass is 9.89. The van der Waals surface area contributed by atoms with Crippen LogP contribution in [0.15, 0.2) is 41.2 Å². The Morgan fingerprint density at radius 1 is 1.11 bits per heavy atom. The maximum atomic E-state index is 13.6. The number of aryl methyl sites for hydroxylation is 1. The number of methoxy groups -OCH3 is 1. The van der Waals surface area contributed by atoms with Crippen molar-refractivity contribution in [3.63, 3.8) is 0 Å². The van der Waals surface area contributed by atoms with E-state index < -0.39 is 0 Å². The van der Waals surface area contributed by atoms with E-state index in [0.717, 1.165) is 93.9 Å². The molecule has 244 valence electrons. The summed E-state index contributed by atoms with van der Waals surface area (Å²) in [4.78, 5) is 31.1. The molecule has 1 saturated heterocycles. The van der Waals surface area contributed by atoms with Gasteiger partial charge in [-0.05, 0) is 107 Å². The standard InChI is InChI=1S/C35H49ClN6O3/c1-5-42(28-14-12-27(13-15-28)37-17-16-25-10-9-11-29(20-25)45-4)32-22-26(36)21-30(24(32)2)33(43)38-23-31-34(44)39-40(3)35(31)41-18-7-6-8-19-41/h9-11,20-22,27-28,37H,5-8,12-19,23H2,1-4H3,(H,38,43)(H,39,44). The highest BCUT2D eigenvalue weighted by molar-refractivity contribution is 6.31. The van der Waals surface area contributed by atoms with Gasteiger partial charge >= 0.3 is 0 Å². The highest BCUT2D eigenvalue weighted by Gasteiger charge is 2.28. The lowest BCUT2D eigenvalue weighted by Crippen LogP contribution is -2.43. The molecule has 0 radical (unpaired) electrons. The highest BCUT2D eigenvalue weighted by Crippen LogP contribution is 2.33. The molecule has 0 atom stereocenters. The zero-order chi connectivity index (χ0) is 31.9. The summed E-state index contributed by atoms with van der Waals surface area (Å²) in [6.07, 6.45) is 8.76. The van der Waals surface area contributed by atoms with Crippen LogP contribution in [0.1, 0.15) is 78.9 Å². The minimum atomic E-state index is -0.218. The molecule has 1 amide bonds. The summed E-state index contributed by atoms with van der Waals surface area (Å²) in [6, 6.07) is 12.9. The maximum absolute atomic E-state index is 13.6. The zero-order valence-corrected chi connectivity index (χ0v) is 28.0. The number of aromatic amines is 1. The largest absolute Gasteiger partial charge is 0.497 e. The van der Waals surface area contributed by atoms with Gasteiger partial charge in [0.2, 0.25) is 0 Å². The number of rotatable bonds is 12. The molecule has 0 spiro atoms. The molecule has 2 aliphatic rings. The van der Waals surface area contributed by atoms with E-state index in [2.05, 4.69) is 44.6 Å². The van der Waals surface area contributed by atoms with Crippen LogP contribution in [0.3, 0.4) is 0 Å². The van der Waals surface area contributed by atoms with E-state index in [1.165, 1.54) is 12.0 Å². The second-order valence-electron chi connectivity index (χ2n) is 12.5. The Hall–Kier alpha value is -3.43. The van der Waals surface area contributed by atoms with Crippen LogP contribution in [0.25, 0.3) is 0 Å². The Bertz CT molecular complexity index is 1500. The van der Waals surface area contributed by atoms with E-state index in [9.17, 15) is 9.59 Å². The molecule has 5 rings (SSSR count). The normalized spacial score (nSPS) is 18.6. The highest BCUT2D eigenvalue weighted by atomic mass is 35.5. The number of ether oxygens (including phenoxy) is 1. The Labute approximate surface area is 272 Å². The van der Waals surface area contributed by atoms with Crippen molar-refractivity contribution in [3.05, 3.63) is 74.0 Å². The van der Waals surface area contributed by atoms with E-state index in [0.29, 0.717) is 28.2 Å². The summed E-state index contributed by atoms with van der Waals surface area (Å²) in [5.41, 5.74) is 4.19. The molecule has 1 aliphatic carbocycles. The Balaban J connectivity index is 1.21. The second-order valence-corrected chi connectivity index (χ2v) is 12.9. The van der Waals surface area contributed by atoms with Crippen LogP contribution in [-0.4, -0.2) is 61.1 Å². The number of piperidine rings is 1. The summed E-state index contributed by atoms with van der Waals surface area (Å²) >= 11 is 6.64. The number of hydrogen-bond acceptors (Lipinski definition) is 6. The van der Waals surface area contributed by atoms with Crippen molar-refractivity contribution < 1.29 is 9.53 Å². The molecule has 0 unspecified atom stereocenters. The summed E-state index contributed by atoms with van der Waals surface area (Å²) in [7, 11) is 3.56. The topological polar surface area (TPSA) is 94.6 Å². The summed E-state index contributed by atoms with van der Waals surface area (Å²) in [5.74, 6) is 1.55. The van der Waals surface area contributed by atoms with Crippen molar-refractivity contribution in [3.8, 4) is 5.75 Å². The van der Waals surface area contributed by atoms with Crippen LogP contribution >= 0.6 is 11.6 Å². The van der Waals surface area contributed by atoms with E-state index >= 15 is 0 Å². The van der Waals surface area contributed by atoms with Crippen molar-refractivity contribution in [1.29, 1.82) is 0 Å². The third-order valence-corrected chi connectivity index (χ3v) is 9.79. The van der Waals surface area contributed by atoms with Gasteiger partial charge in [0, 0.05) is 55.0 Å². The third kappa shape index (κ3) is 7.87. The molecule has 45 heavy (non-hydrogen) atoms. The van der Waals surface area contributed by atoms with Crippen molar-refractivity contribution in [2.45, 2.75) is 83.8 Å². The molecular weight excluding hydrogens is 588 g/mol. The summed E-state index contributed by atoms with van der Waals surface area (Å²) < 4.78 is 7.14. The second kappa shape index (κ2) is 15.2. The Kier molecular flexibility index (Phi) is 11.2. The van der Waals surface area contributed by atoms with Gasteiger partial charge in [-0.15, -0.1) is 0 Å². The number of benzene rings is 2. The van der Waals surface area contributed by atoms with Crippen LogP contribution in [0.2, 0.25) is 5.02 Å². The fourth-order valence-electron chi connectivity index (χ4n) is 7.17. The van der Waals surface area contributed by atoms with Gasteiger partial charge in [-0.3, -0.25) is 19.4 Å². The molecule has 10 heteroatoms. The zero-order valence-electron chi connectivity index (χ0n) is 27.3. The number of anilines is 2. The number of hydrogen-bond donors (Lipinski definition) is 3. The van der Waals surface area contributed by atoms with Gasteiger partial charge < -0.3 is 25.2 Å². The maximum Gasteiger partial charge on any atom is 0.271 e. The van der Waals surface area contributed by atoms with E-state index in [1.54, 1.807) is 17.9 Å². The fraction of sp³-hybridized carbons (Fsp3) is 0.543. The predicted octanol–water partition coefficient (Wildman–Crippen LogP) is 5.57. The number of aromatic nitrogens is 2. The number of carbonyl (C=O) groups excluding carboxylic acids is 1. The van der Waals surface area contributed by atoms with E-state index in [1.807, 2.05) is 32.2 Å². The monoisotopic (exact) mass is 636 g/mol. The van der Waals surface area contributed by atoms with Gasteiger partial charge in [-0.2, -0.15) is 0 Å². The van der Waals surface area contributed by atoms with Gasteiger partial charge in [0.1, 0.15) is 11.6 Å². The first-order valence-electron chi connectivity index (χ1n) is 16.5. The van der Waals surface area contributed by atoms with Crippen LogP contribution in [0, 0.1) is 6.92 Å². The number of nitrogens with zero attached hydrogens (tertiary/aromatic N) is 3. The van der Waals surface area contributed by atoms with E-state index in [4.69, 9.17) is 16.3 Å². The molecule has 1 saturated carbocycles. The predicted molar refractivity (Wildman–Crippen MR) is 183 cm³/mol. The van der Waals surface area contributed by atoms with Crippen LogP contribution in [0.5, 0.6) is 5.75 Å². The van der Waals surface area contributed by atoms with Gasteiger partial charge in [0.05, 0.1) is 19.2 Å². The molecule has 3 aromatic rings. The van der Waals surface area contributed by atoms with Crippen molar-refractivity contribution in [2.24, 2.45) is 7.05 Å². The number of halogens is 1. The van der Waals surface area contributed by atoms with Crippen molar-refractivity contribution >= 4 is 29.0 Å². The number of nitrogens with one attached hydrogen (secondary N) is 3. The third-order valence-electron chi connectivity index (χ3n) is 9.57. The van der Waals surface area contributed by atoms with Gasteiger partial charge in [-0.25, -0.2) is 0 Å². The van der Waals surface area contributed by atoms with Crippen LogP contribution < -0.4 is 30.7 Å². The lowest BCUT2D eigenvalue weighted by Gasteiger charge is -2.39. The van der Waals surface area contributed by atoms with Crippen molar-refractivity contribution in [2.75, 3.05) is 43.1 Å². The molecule has 2 heterocycles. The summed E-state index contributed by atoms with van der Waals surface area (Å²) in [5, 5.41) is 10.2. The number of amides is 1. The first kappa shape index (κ1) is 32.9. The molecule has 0 bridgehead atoms. The van der Waals surface area contributed by atoms with Crippen molar-refractivity contribution in [1.82, 2.24) is 20.4 Å². The average Bonchev–Trinajstić information content (AvgIpc) is 3.34. The molecule has 9 nitrogen and oxygen atoms in total. The first-order chi connectivity index (χ1) is 21.8. The Morgan fingerprint density at radius 2 is 1.87 bits per heavy atom. The molecule has 2 aromatic carbocycles. The van der Waals surface area contributed by atoms with Gasteiger partial charge in [0.25, 0.3) is 11.5 Å². The average molecular weight is 637 g/mol. The van der Waals surface area contributed by atoms with Crippen LogP contribution in [-0.2, 0) is 20.0 Å². The number of H-pyrrole nitrogens is 1. The molecule has 1 aromatic heterocycles. The first-order valence-corrected chi connectivity index (χ1v) is 16.9. The molecule has 1 aliphatic heterocycles. The SMILES string of the molecule is CCN(c1cc(Cl)cc(C(=O)NCc2c(N3CCCCC3)n(C)[nH]c2=O)c1C)C1CCC(NCCc2cccc(OC)c2)CC1. The summed E-state index contributed by atoms with van der Waals surface area (Å²) in [6.45, 7) is 7.94. The smallest absolute Gasteiger partial charge is 0.271 e. The van der Waals surface area contributed by atoms with Gasteiger partial charge in [-0.1, -0.05) is 23.7 Å². The Morgan fingerprint density at radius 3 is 2.58 bits per heavy atom. The van der Waals surface area contributed by atoms with Gasteiger partial charge in [0.15, 0.2) is 0 Å². The molecule has 3 N–H and O–H groups in total. The minimum Gasteiger partial charge on any atom is -0.497 e. The molecule has 2 fully saturated rings. The number of carbonyl (C=O) groups is 1. The van der Waals surface area contributed by atoms with E-state index in [-0.39, 0.29) is 18.0 Å². The minimum absolute atomic E-state index is 0.161. The fourth-order valence-corrected chi connectivity index (χ4v) is 7.39. The quantitative estimate of drug-likeness (QED) is 0.241. The van der Waals surface area contributed by atoms with Crippen LogP contribution in [0.4, 0.5) is 11.5 Å². The lowest BCUT2D eigenvalue weighted by molar-refractivity contribution is 0.0950.